The van der Waals surface area contributed by atoms with Crippen LogP contribution in [0.4, 0.5) is 5.69 Å². The van der Waals surface area contributed by atoms with Crippen LogP contribution in [-0.4, -0.2) is 26.4 Å². The van der Waals surface area contributed by atoms with Gasteiger partial charge in [0, 0.05) is 24.9 Å². The van der Waals surface area contributed by atoms with Crippen LogP contribution in [0.2, 0.25) is 0 Å². The Morgan fingerprint density at radius 2 is 1.83 bits per heavy atom. The Labute approximate surface area is 110 Å². The number of methoxy groups -OCH3 is 2. The molecule has 0 amide bonds. The second-order valence-electron chi connectivity index (χ2n) is 5.23. The molecule has 1 N–H and O–H groups in total. The smallest absolute Gasteiger partial charge is 0.126 e. The highest BCUT2D eigenvalue weighted by Crippen LogP contribution is 2.29. The minimum atomic E-state index is -0.0876. The van der Waals surface area contributed by atoms with Crippen LogP contribution in [0.25, 0.3) is 0 Å². The Bertz CT molecular complexity index is 400. The standard InChI is InChI=1S/C15H25NO2/c1-11-7-8-13(12(2)14(11)17-5)16-10-9-15(3,4)18-6/h7-8,16H,9-10H2,1-6H3. The lowest BCUT2D eigenvalue weighted by molar-refractivity contribution is 0.0185. The molecular weight excluding hydrogens is 226 g/mol. The molecule has 0 saturated carbocycles. The van der Waals surface area contributed by atoms with Gasteiger partial charge in [0.05, 0.1) is 12.7 Å². The van der Waals surface area contributed by atoms with E-state index in [0.29, 0.717) is 0 Å². The summed E-state index contributed by atoms with van der Waals surface area (Å²) < 4.78 is 10.8. The molecule has 3 nitrogen and oxygen atoms in total. The highest BCUT2D eigenvalue weighted by Gasteiger charge is 2.15. The van der Waals surface area contributed by atoms with E-state index in [1.54, 1.807) is 14.2 Å². The van der Waals surface area contributed by atoms with Crippen molar-refractivity contribution in [2.45, 2.75) is 39.7 Å². The highest BCUT2D eigenvalue weighted by molar-refractivity contribution is 5.59. The van der Waals surface area contributed by atoms with Crippen LogP contribution >= 0.6 is 0 Å². The number of rotatable bonds is 6. The number of ether oxygens (including phenoxy) is 2. The molecule has 0 fully saturated rings. The van der Waals surface area contributed by atoms with Gasteiger partial charge in [-0.05, 0) is 45.7 Å². The molecule has 0 unspecified atom stereocenters. The van der Waals surface area contributed by atoms with Crippen molar-refractivity contribution < 1.29 is 9.47 Å². The molecule has 0 aliphatic carbocycles. The van der Waals surface area contributed by atoms with Gasteiger partial charge < -0.3 is 14.8 Å². The molecule has 0 aromatic heterocycles. The average Bonchev–Trinajstić information content (AvgIpc) is 2.33. The number of aryl methyl sites for hydroxylation is 1. The van der Waals surface area contributed by atoms with Crippen molar-refractivity contribution in [3.63, 3.8) is 0 Å². The molecule has 1 rings (SSSR count). The lowest BCUT2D eigenvalue weighted by Gasteiger charge is -2.23. The minimum Gasteiger partial charge on any atom is -0.496 e. The van der Waals surface area contributed by atoms with Gasteiger partial charge in [-0.25, -0.2) is 0 Å². The Morgan fingerprint density at radius 1 is 1.17 bits per heavy atom. The first-order valence-electron chi connectivity index (χ1n) is 6.34. The first-order valence-corrected chi connectivity index (χ1v) is 6.34. The van der Waals surface area contributed by atoms with Gasteiger partial charge in [-0.3, -0.25) is 0 Å². The summed E-state index contributed by atoms with van der Waals surface area (Å²) in [5, 5.41) is 3.45. The van der Waals surface area contributed by atoms with Crippen LogP contribution < -0.4 is 10.1 Å². The van der Waals surface area contributed by atoms with Gasteiger partial charge in [-0.1, -0.05) is 6.07 Å². The van der Waals surface area contributed by atoms with Gasteiger partial charge in [0.15, 0.2) is 0 Å². The maximum atomic E-state index is 5.42. The lowest BCUT2D eigenvalue weighted by Crippen LogP contribution is -2.25. The second-order valence-corrected chi connectivity index (χ2v) is 5.23. The van der Waals surface area contributed by atoms with Gasteiger partial charge in [0.1, 0.15) is 5.75 Å². The molecule has 102 valence electrons. The number of benzene rings is 1. The Hall–Kier alpha value is -1.22. The molecular formula is C15H25NO2. The van der Waals surface area contributed by atoms with Gasteiger partial charge in [0.25, 0.3) is 0 Å². The summed E-state index contributed by atoms with van der Waals surface area (Å²) in [5.41, 5.74) is 3.37. The quantitative estimate of drug-likeness (QED) is 0.839. The molecule has 1 aromatic rings. The molecule has 0 bridgehead atoms. The summed E-state index contributed by atoms with van der Waals surface area (Å²) in [6.45, 7) is 9.21. The summed E-state index contributed by atoms with van der Waals surface area (Å²) in [6.07, 6.45) is 0.957. The largest absolute Gasteiger partial charge is 0.496 e. The molecule has 0 spiro atoms. The molecule has 0 radical (unpaired) electrons. The molecule has 0 aliphatic rings. The first kappa shape index (κ1) is 14.8. The predicted octanol–water partition coefficient (Wildman–Crippen LogP) is 3.54. The zero-order valence-electron chi connectivity index (χ0n) is 12.4. The summed E-state index contributed by atoms with van der Waals surface area (Å²) in [7, 11) is 3.47. The van der Waals surface area contributed by atoms with Crippen molar-refractivity contribution in [1.82, 2.24) is 0 Å². The van der Waals surface area contributed by atoms with Gasteiger partial charge in [-0.2, -0.15) is 0 Å². The summed E-state index contributed by atoms with van der Waals surface area (Å²) in [4.78, 5) is 0. The molecule has 0 saturated heterocycles. The van der Waals surface area contributed by atoms with Crippen LogP contribution in [0.3, 0.4) is 0 Å². The van der Waals surface area contributed by atoms with Crippen molar-refractivity contribution in [2.24, 2.45) is 0 Å². The van der Waals surface area contributed by atoms with Crippen LogP contribution in [-0.2, 0) is 4.74 Å². The summed E-state index contributed by atoms with van der Waals surface area (Å²) >= 11 is 0. The Morgan fingerprint density at radius 3 is 2.39 bits per heavy atom. The van der Waals surface area contributed by atoms with E-state index in [2.05, 4.69) is 45.1 Å². The SMILES string of the molecule is COc1c(C)ccc(NCCC(C)(C)OC)c1C. The monoisotopic (exact) mass is 251 g/mol. The van der Waals surface area contributed by atoms with E-state index >= 15 is 0 Å². The minimum absolute atomic E-state index is 0.0876. The van der Waals surface area contributed by atoms with E-state index < -0.39 is 0 Å². The highest BCUT2D eigenvalue weighted by atomic mass is 16.5. The zero-order chi connectivity index (χ0) is 13.8. The summed E-state index contributed by atoms with van der Waals surface area (Å²) in [5.74, 6) is 0.964. The fraction of sp³-hybridized carbons (Fsp3) is 0.600. The fourth-order valence-electron chi connectivity index (χ4n) is 1.93. The second kappa shape index (κ2) is 6.10. The van der Waals surface area contributed by atoms with Gasteiger partial charge in [0.2, 0.25) is 0 Å². The molecule has 1 aromatic carbocycles. The molecule has 18 heavy (non-hydrogen) atoms. The number of nitrogens with one attached hydrogen (secondary N) is 1. The maximum absolute atomic E-state index is 5.42. The number of anilines is 1. The van der Waals surface area contributed by atoms with E-state index in [1.807, 2.05) is 0 Å². The van der Waals surface area contributed by atoms with E-state index in [9.17, 15) is 0 Å². The summed E-state index contributed by atoms with van der Waals surface area (Å²) in [6, 6.07) is 4.18. The number of hydrogen-bond acceptors (Lipinski definition) is 3. The molecule has 0 heterocycles. The van der Waals surface area contributed by atoms with Gasteiger partial charge >= 0.3 is 0 Å². The van der Waals surface area contributed by atoms with Crippen LogP contribution in [0.5, 0.6) is 5.75 Å². The first-order chi connectivity index (χ1) is 8.41. The van der Waals surface area contributed by atoms with Gasteiger partial charge in [-0.15, -0.1) is 0 Å². The topological polar surface area (TPSA) is 30.5 Å². The maximum Gasteiger partial charge on any atom is 0.126 e. The van der Waals surface area contributed by atoms with Crippen molar-refractivity contribution in [1.29, 1.82) is 0 Å². The lowest BCUT2D eigenvalue weighted by atomic mass is 10.0. The third kappa shape index (κ3) is 3.64. The zero-order valence-corrected chi connectivity index (χ0v) is 12.4. The third-order valence-corrected chi connectivity index (χ3v) is 3.40. The van der Waals surface area contributed by atoms with E-state index in [1.165, 1.54) is 0 Å². The normalized spacial score (nSPS) is 11.4. The van der Waals surface area contributed by atoms with Crippen LogP contribution in [0.1, 0.15) is 31.4 Å². The van der Waals surface area contributed by atoms with Crippen molar-refractivity contribution in [2.75, 3.05) is 26.1 Å². The Kier molecular flexibility index (Phi) is 5.03. The fourth-order valence-corrected chi connectivity index (χ4v) is 1.93. The van der Waals surface area contributed by atoms with Crippen molar-refractivity contribution in [3.05, 3.63) is 23.3 Å². The number of hydrogen-bond donors (Lipinski definition) is 1. The van der Waals surface area contributed by atoms with Crippen LogP contribution in [0, 0.1) is 13.8 Å². The molecule has 0 aliphatic heterocycles. The van der Waals surface area contributed by atoms with E-state index in [-0.39, 0.29) is 5.60 Å². The van der Waals surface area contributed by atoms with E-state index in [0.717, 1.165) is 35.5 Å². The Balaban J connectivity index is 2.69. The van der Waals surface area contributed by atoms with Crippen molar-refractivity contribution in [3.8, 4) is 5.75 Å². The van der Waals surface area contributed by atoms with Crippen molar-refractivity contribution >= 4 is 5.69 Å². The van der Waals surface area contributed by atoms with E-state index in [4.69, 9.17) is 9.47 Å². The van der Waals surface area contributed by atoms with Crippen LogP contribution in [0.15, 0.2) is 12.1 Å². The predicted molar refractivity (Wildman–Crippen MR) is 76.7 cm³/mol. The average molecular weight is 251 g/mol. The molecule has 3 heteroatoms. The third-order valence-electron chi connectivity index (χ3n) is 3.40. The molecule has 0 atom stereocenters.